The predicted molar refractivity (Wildman–Crippen MR) is 106 cm³/mol. The van der Waals surface area contributed by atoms with E-state index in [9.17, 15) is 14.9 Å². The van der Waals surface area contributed by atoms with Crippen molar-refractivity contribution >= 4 is 17.3 Å². The number of anilines is 1. The van der Waals surface area contributed by atoms with Gasteiger partial charge in [-0.15, -0.1) is 0 Å². The fraction of sp³-hybridized carbons (Fsp3) is 0.650. The minimum absolute atomic E-state index is 0.0366. The summed E-state index contributed by atoms with van der Waals surface area (Å²) in [5.74, 6) is -0.245. The van der Waals surface area contributed by atoms with Crippen LogP contribution >= 0.6 is 0 Å². The van der Waals surface area contributed by atoms with Crippen molar-refractivity contribution in [1.82, 2.24) is 10.2 Å². The van der Waals surface area contributed by atoms with Crippen LogP contribution in [-0.4, -0.2) is 48.0 Å². The molecule has 7 heteroatoms. The highest BCUT2D eigenvalue weighted by Crippen LogP contribution is 2.35. The molecule has 3 rings (SSSR count). The SMILES string of the molecule is CNc1ccc([N+](=O)[O-])cc1C(=O)NCC1(N2CCCCC2)CCCCC1. The monoisotopic (exact) mass is 374 g/mol. The first-order valence-electron chi connectivity index (χ1n) is 10.1. The number of amides is 1. The molecule has 0 bridgehead atoms. The fourth-order valence-corrected chi connectivity index (χ4v) is 4.57. The molecule has 2 fully saturated rings. The number of hydrogen-bond donors (Lipinski definition) is 2. The van der Waals surface area contributed by atoms with E-state index >= 15 is 0 Å². The summed E-state index contributed by atoms with van der Waals surface area (Å²) in [7, 11) is 1.72. The minimum atomic E-state index is -0.466. The Morgan fingerprint density at radius 3 is 2.44 bits per heavy atom. The van der Waals surface area contributed by atoms with Crippen molar-refractivity contribution in [3.63, 3.8) is 0 Å². The van der Waals surface area contributed by atoms with E-state index in [-0.39, 0.29) is 17.1 Å². The van der Waals surface area contributed by atoms with E-state index < -0.39 is 4.92 Å². The molecule has 2 aliphatic rings. The van der Waals surface area contributed by atoms with E-state index in [1.54, 1.807) is 13.1 Å². The number of rotatable bonds is 6. The van der Waals surface area contributed by atoms with Crippen LogP contribution in [0.15, 0.2) is 18.2 Å². The number of nitro benzene ring substituents is 1. The number of likely N-dealkylation sites (tertiary alicyclic amines) is 1. The molecule has 1 amide bonds. The summed E-state index contributed by atoms with van der Waals surface area (Å²) in [6.45, 7) is 2.82. The van der Waals surface area contributed by atoms with E-state index in [4.69, 9.17) is 0 Å². The van der Waals surface area contributed by atoms with Crippen molar-refractivity contribution in [3.05, 3.63) is 33.9 Å². The molecule has 27 heavy (non-hydrogen) atoms. The lowest BCUT2D eigenvalue weighted by Crippen LogP contribution is -2.58. The Morgan fingerprint density at radius 1 is 1.15 bits per heavy atom. The average molecular weight is 374 g/mol. The molecule has 1 aliphatic carbocycles. The maximum absolute atomic E-state index is 12.9. The molecule has 1 saturated carbocycles. The molecular weight excluding hydrogens is 344 g/mol. The zero-order valence-corrected chi connectivity index (χ0v) is 16.1. The van der Waals surface area contributed by atoms with Gasteiger partial charge in [-0.1, -0.05) is 25.7 Å². The summed E-state index contributed by atoms with van der Waals surface area (Å²) in [4.78, 5) is 26.1. The van der Waals surface area contributed by atoms with Gasteiger partial charge in [-0.3, -0.25) is 19.8 Å². The zero-order valence-electron chi connectivity index (χ0n) is 16.1. The molecular formula is C20H30N4O3. The fourth-order valence-electron chi connectivity index (χ4n) is 4.57. The molecule has 7 nitrogen and oxygen atoms in total. The number of non-ortho nitro benzene ring substituents is 1. The normalized spacial score (nSPS) is 20.0. The van der Waals surface area contributed by atoms with Crippen LogP contribution in [0, 0.1) is 10.1 Å². The van der Waals surface area contributed by atoms with Gasteiger partial charge < -0.3 is 10.6 Å². The largest absolute Gasteiger partial charge is 0.387 e. The van der Waals surface area contributed by atoms with Gasteiger partial charge in [0.15, 0.2) is 0 Å². The third kappa shape index (κ3) is 4.40. The first-order valence-corrected chi connectivity index (χ1v) is 10.1. The van der Waals surface area contributed by atoms with Crippen molar-refractivity contribution in [2.75, 3.05) is 32.0 Å². The number of piperidine rings is 1. The van der Waals surface area contributed by atoms with E-state index in [0.29, 0.717) is 17.8 Å². The van der Waals surface area contributed by atoms with Gasteiger partial charge >= 0.3 is 0 Å². The van der Waals surface area contributed by atoms with Crippen LogP contribution in [-0.2, 0) is 0 Å². The summed E-state index contributed by atoms with van der Waals surface area (Å²) < 4.78 is 0. The van der Waals surface area contributed by atoms with Gasteiger partial charge in [0, 0.05) is 37.0 Å². The molecule has 1 aromatic carbocycles. The highest BCUT2D eigenvalue weighted by molar-refractivity contribution is 6.00. The predicted octanol–water partition coefficient (Wildman–Crippen LogP) is 3.56. The number of nitrogens with one attached hydrogen (secondary N) is 2. The summed E-state index contributed by atoms with van der Waals surface area (Å²) in [5.41, 5.74) is 0.905. The summed E-state index contributed by atoms with van der Waals surface area (Å²) in [6.07, 6.45) is 9.63. The lowest BCUT2D eigenvalue weighted by atomic mass is 9.79. The number of nitro groups is 1. The van der Waals surface area contributed by atoms with Gasteiger partial charge in [0.1, 0.15) is 0 Å². The Labute approximate surface area is 160 Å². The van der Waals surface area contributed by atoms with E-state index in [0.717, 1.165) is 25.9 Å². The number of benzene rings is 1. The van der Waals surface area contributed by atoms with Crippen LogP contribution < -0.4 is 10.6 Å². The lowest BCUT2D eigenvalue weighted by molar-refractivity contribution is -0.384. The van der Waals surface area contributed by atoms with Crippen LogP contribution in [0.1, 0.15) is 61.7 Å². The third-order valence-electron chi connectivity index (χ3n) is 6.12. The van der Waals surface area contributed by atoms with Crippen molar-refractivity contribution in [3.8, 4) is 0 Å². The molecule has 1 aromatic rings. The molecule has 0 aromatic heterocycles. The first kappa shape index (κ1) is 19.6. The topological polar surface area (TPSA) is 87.5 Å². The van der Waals surface area contributed by atoms with Crippen LogP contribution in [0.3, 0.4) is 0 Å². The van der Waals surface area contributed by atoms with E-state index in [2.05, 4.69) is 15.5 Å². The highest BCUT2D eigenvalue weighted by atomic mass is 16.6. The van der Waals surface area contributed by atoms with Crippen LogP contribution in [0.4, 0.5) is 11.4 Å². The lowest BCUT2D eigenvalue weighted by Gasteiger charge is -2.48. The second kappa shape index (κ2) is 8.69. The van der Waals surface area contributed by atoms with Crippen molar-refractivity contribution in [2.45, 2.75) is 56.9 Å². The zero-order chi connectivity index (χ0) is 19.3. The molecule has 0 unspecified atom stereocenters. The van der Waals surface area contributed by atoms with Crippen LogP contribution in [0.2, 0.25) is 0 Å². The van der Waals surface area contributed by atoms with E-state index in [1.807, 2.05) is 0 Å². The van der Waals surface area contributed by atoms with Crippen molar-refractivity contribution in [2.24, 2.45) is 0 Å². The highest BCUT2D eigenvalue weighted by Gasteiger charge is 2.38. The molecule has 1 aliphatic heterocycles. The third-order valence-corrected chi connectivity index (χ3v) is 6.12. The molecule has 1 saturated heterocycles. The molecule has 0 radical (unpaired) electrons. The Hall–Kier alpha value is -2.15. The van der Waals surface area contributed by atoms with Gasteiger partial charge in [-0.05, 0) is 44.8 Å². The molecule has 0 atom stereocenters. The van der Waals surface area contributed by atoms with Gasteiger partial charge in [0.2, 0.25) is 0 Å². The Balaban J connectivity index is 1.76. The molecule has 2 N–H and O–H groups in total. The number of hydrogen-bond acceptors (Lipinski definition) is 5. The van der Waals surface area contributed by atoms with Gasteiger partial charge in [0.05, 0.1) is 10.5 Å². The number of nitrogens with zero attached hydrogens (tertiary/aromatic N) is 2. The minimum Gasteiger partial charge on any atom is -0.387 e. The van der Waals surface area contributed by atoms with Crippen molar-refractivity contribution < 1.29 is 9.72 Å². The summed E-state index contributed by atoms with van der Waals surface area (Å²) in [6, 6.07) is 4.36. The van der Waals surface area contributed by atoms with E-state index in [1.165, 1.54) is 50.7 Å². The standard InChI is InChI=1S/C20H30N4O3/c1-21-18-9-8-16(24(26)27)14-17(18)19(25)22-15-20(10-4-2-5-11-20)23-12-6-3-7-13-23/h8-9,14,21H,2-7,10-13,15H2,1H3,(H,22,25). The molecule has 0 spiro atoms. The Kier molecular flexibility index (Phi) is 6.31. The Morgan fingerprint density at radius 2 is 1.81 bits per heavy atom. The Bertz CT molecular complexity index is 680. The van der Waals surface area contributed by atoms with Gasteiger partial charge in [-0.2, -0.15) is 0 Å². The number of carbonyl (C=O) groups is 1. The van der Waals surface area contributed by atoms with Crippen molar-refractivity contribution in [1.29, 1.82) is 0 Å². The van der Waals surface area contributed by atoms with Gasteiger partial charge in [0.25, 0.3) is 11.6 Å². The molecule has 1 heterocycles. The second-order valence-corrected chi connectivity index (χ2v) is 7.75. The summed E-state index contributed by atoms with van der Waals surface area (Å²) in [5, 5.41) is 17.1. The second-order valence-electron chi connectivity index (χ2n) is 7.75. The first-order chi connectivity index (χ1) is 13.1. The number of carbonyl (C=O) groups excluding carboxylic acids is 1. The maximum Gasteiger partial charge on any atom is 0.270 e. The smallest absolute Gasteiger partial charge is 0.270 e. The quantitative estimate of drug-likeness (QED) is 0.587. The average Bonchev–Trinajstić information content (AvgIpc) is 2.72. The van der Waals surface area contributed by atoms with Crippen LogP contribution in [0.25, 0.3) is 0 Å². The van der Waals surface area contributed by atoms with Gasteiger partial charge in [-0.25, -0.2) is 0 Å². The molecule has 148 valence electrons. The van der Waals surface area contributed by atoms with Crippen LogP contribution in [0.5, 0.6) is 0 Å². The maximum atomic E-state index is 12.9. The summed E-state index contributed by atoms with van der Waals surface area (Å²) >= 11 is 0.